The summed E-state index contributed by atoms with van der Waals surface area (Å²) in [6.45, 7) is 6.46. The summed E-state index contributed by atoms with van der Waals surface area (Å²) in [4.78, 5) is 8.91. The Kier molecular flexibility index (Phi) is 3.33. The van der Waals surface area contributed by atoms with Crippen LogP contribution in [0.4, 0.5) is 10.1 Å². The Labute approximate surface area is 122 Å². The molecule has 5 heteroatoms. The molecule has 0 unspecified atom stereocenters. The van der Waals surface area contributed by atoms with Crippen LogP contribution in [-0.4, -0.2) is 14.4 Å². The lowest BCUT2D eigenvalue weighted by Gasteiger charge is -2.07. The lowest BCUT2D eigenvalue weighted by atomic mass is 10.2. The molecule has 1 N–H and O–H groups in total. The van der Waals surface area contributed by atoms with E-state index in [1.54, 1.807) is 6.07 Å². The van der Waals surface area contributed by atoms with Crippen molar-refractivity contribution in [3.63, 3.8) is 0 Å². The molecule has 2 heterocycles. The van der Waals surface area contributed by atoms with Crippen molar-refractivity contribution in [1.29, 1.82) is 0 Å². The molecule has 0 atom stereocenters. The van der Waals surface area contributed by atoms with E-state index in [-0.39, 0.29) is 5.82 Å². The van der Waals surface area contributed by atoms with Gasteiger partial charge in [0.2, 0.25) is 5.78 Å². The van der Waals surface area contributed by atoms with Crippen LogP contribution in [0.3, 0.4) is 0 Å². The molecule has 0 aliphatic rings. The van der Waals surface area contributed by atoms with E-state index in [0.29, 0.717) is 12.3 Å². The molecule has 1 aromatic carbocycles. The number of imidazole rings is 1. The zero-order chi connectivity index (χ0) is 15.0. The standard InChI is InChI=1S/C16H17FN4/c1-10-4-5-13(17)7-15(10)18-8-14-9-21-12(3)6-11(2)19-16(21)20-14/h4-7,9,18H,8H2,1-3H3. The summed E-state index contributed by atoms with van der Waals surface area (Å²) in [6, 6.07) is 6.74. The number of anilines is 1. The van der Waals surface area contributed by atoms with Crippen molar-refractivity contribution >= 4 is 11.5 Å². The van der Waals surface area contributed by atoms with Gasteiger partial charge in [-0.2, -0.15) is 0 Å². The highest BCUT2D eigenvalue weighted by atomic mass is 19.1. The fraction of sp³-hybridized carbons (Fsp3) is 0.250. The van der Waals surface area contributed by atoms with Gasteiger partial charge in [-0.1, -0.05) is 6.07 Å². The average molecular weight is 284 g/mol. The number of rotatable bonds is 3. The van der Waals surface area contributed by atoms with Crippen LogP contribution in [0.15, 0.2) is 30.5 Å². The van der Waals surface area contributed by atoms with Crippen molar-refractivity contribution < 1.29 is 4.39 Å². The van der Waals surface area contributed by atoms with E-state index < -0.39 is 0 Å². The first kappa shape index (κ1) is 13.5. The van der Waals surface area contributed by atoms with E-state index in [1.165, 1.54) is 12.1 Å². The van der Waals surface area contributed by atoms with Crippen molar-refractivity contribution in [1.82, 2.24) is 14.4 Å². The number of nitrogens with one attached hydrogen (secondary N) is 1. The fourth-order valence-corrected chi connectivity index (χ4v) is 2.37. The van der Waals surface area contributed by atoms with Gasteiger partial charge in [0.05, 0.1) is 12.2 Å². The molecule has 0 amide bonds. The van der Waals surface area contributed by atoms with E-state index in [0.717, 1.165) is 28.3 Å². The van der Waals surface area contributed by atoms with Crippen LogP contribution in [-0.2, 0) is 6.54 Å². The first-order chi connectivity index (χ1) is 10.0. The van der Waals surface area contributed by atoms with Crippen LogP contribution in [0.25, 0.3) is 5.78 Å². The first-order valence-corrected chi connectivity index (χ1v) is 6.85. The number of nitrogens with zero attached hydrogens (tertiary/aromatic N) is 3. The fourth-order valence-electron chi connectivity index (χ4n) is 2.37. The van der Waals surface area contributed by atoms with Crippen LogP contribution < -0.4 is 5.32 Å². The molecule has 21 heavy (non-hydrogen) atoms. The molecule has 0 radical (unpaired) electrons. The van der Waals surface area contributed by atoms with Crippen molar-refractivity contribution in [2.45, 2.75) is 27.3 Å². The van der Waals surface area contributed by atoms with Crippen LogP contribution in [0.5, 0.6) is 0 Å². The monoisotopic (exact) mass is 284 g/mol. The molecule has 2 aromatic heterocycles. The predicted molar refractivity (Wildman–Crippen MR) is 80.9 cm³/mol. The van der Waals surface area contributed by atoms with Gasteiger partial charge in [-0.05, 0) is 44.5 Å². The molecule has 0 saturated carbocycles. The minimum atomic E-state index is -0.244. The number of hydrogen-bond donors (Lipinski definition) is 1. The van der Waals surface area contributed by atoms with Gasteiger partial charge in [0.25, 0.3) is 0 Å². The third-order valence-corrected chi connectivity index (χ3v) is 3.47. The second kappa shape index (κ2) is 5.16. The predicted octanol–water partition coefficient (Wildman–Crippen LogP) is 3.41. The van der Waals surface area contributed by atoms with Crippen LogP contribution in [0.2, 0.25) is 0 Å². The summed E-state index contributed by atoms with van der Waals surface area (Å²) in [5.41, 5.74) is 4.71. The quantitative estimate of drug-likeness (QED) is 0.801. The highest BCUT2D eigenvalue weighted by molar-refractivity contribution is 5.51. The molecule has 3 rings (SSSR count). The van der Waals surface area contributed by atoms with Crippen LogP contribution in [0, 0.1) is 26.6 Å². The number of hydrogen-bond acceptors (Lipinski definition) is 3. The second-order valence-electron chi connectivity index (χ2n) is 5.25. The summed E-state index contributed by atoms with van der Waals surface area (Å²) in [6.07, 6.45) is 1.96. The normalized spacial score (nSPS) is 11.0. The highest BCUT2D eigenvalue weighted by Crippen LogP contribution is 2.17. The van der Waals surface area contributed by atoms with Crippen molar-refractivity contribution in [2.75, 3.05) is 5.32 Å². The lowest BCUT2D eigenvalue weighted by molar-refractivity contribution is 0.628. The van der Waals surface area contributed by atoms with Gasteiger partial charge in [0.15, 0.2) is 0 Å². The van der Waals surface area contributed by atoms with E-state index in [4.69, 9.17) is 0 Å². The van der Waals surface area contributed by atoms with Gasteiger partial charge in [0, 0.05) is 23.3 Å². The average Bonchev–Trinajstić information content (AvgIpc) is 2.83. The number of halogens is 1. The molecule has 4 nitrogen and oxygen atoms in total. The Balaban J connectivity index is 1.85. The molecule has 0 fully saturated rings. The van der Waals surface area contributed by atoms with E-state index in [2.05, 4.69) is 15.3 Å². The molecule has 0 aliphatic heterocycles. The Morgan fingerprint density at radius 1 is 1.14 bits per heavy atom. The van der Waals surface area contributed by atoms with Gasteiger partial charge in [-0.25, -0.2) is 14.4 Å². The van der Waals surface area contributed by atoms with E-state index in [1.807, 2.05) is 37.4 Å². The van der Waals surface area contributed by atoms with Gasteiger partial charge in [-0.15, -0.1) is 0 Å². The summed E-state index contributed by atoms with van der Waals surface area (Å²) in [5, 5.41) is 3.22. The summed E-state index contributed by atoms with van der Waals surface area (Å²) in [5.74, 6) is 0.450. The SMILES string of the molecule is Cc1cc(C)n2cc(CNc3cc(F)ccc3C)nc2n1. The largest absolute Gasteiger partial charge is 0.379 e. The molecule has 108 valence electrons. The van der Waals surface area contributed by atoms with E-state index in [9.17, 15) is 4.39 Å². The maximum Gasteiger partial charge on any atom is 0.234 e. The minimum absolute atomic E-state index is 0.244. The molecule has 0 saturated heterocycles. The number of benzene rings is 1. The maximum absolute atomic E-state index is 13.3. The minimum Gasteiger partial charge on any atom is -0.379 e. The first-order valence-electron chi connectivity index (χ1n) is 6.85. The number of aryl methyl sites for hydroxylation is 3. The molecular formula is C16H17FN4. The maximum atomic E-state index is 13.3. The molecular weight excluding hydrogens is 267 g/mol. The molecule has 0 spiro atoms. The van der Waals surface area contributed by atoms with Crippen LogP contribution in [0.1, 0.15) is 22.6 Å². The Morgan fingerprint density at radius 3 is 2.76 bits per heavy atom. The lowest BCUT2D eigenvalue weighted by Crippen LogP contribution is -2.01. The van der Waals surface area contributed by atoms with Crippen molar-refractivity contribution in [3.05, 3.63) is 58.9 Å². The number of aromatic nitrogens is 3. The third-order valence-electron chi connectivity index (χ3n) is 3.47. The Hall–Kier alpha value is -2.43. The molecule has 3 aromatic rings. The Morgan fingerprint density at radius 2 is 1.95 bits per heavy atom. The van der Waals surface area contributed by atoms with Crippen LogP contribution >= 0.6 is 0 Å². The van der Waals surface area contributed by atoms with Gasteiger partial charge in [0.1, 0.15) is 5.82 Å². The van der Waals surface area contributed by atoms with Gasteiger partial charge < -0.3 is 5.32 Å². The summed E-state index contributed by atoms with van der Waals surface area (Å²) < 4.78 is 15.2. The zero-order valence-electron chi connectivity index (χ0n) is 12.3. The number of fused-ring (bicyclic) bond motifs is 1. The van der Waals surface area contributed by atoms with E-state index >= 15 is 0 Å². The topological polar surface area (TPSA) is 42.2 Å². The van der Waals surface area contributed by atoms with Crippen molar-refractivity contribution in [2.24, 2.45) is 0 Å². The Bertz CT molecular complexity index is 807. The van der Waals surface area contributed by atoms with Gasteiger partial charge in [-0.3, -0.25) is 4.40 Å². The molecule has 0 bridgehead atoms. The second-order valence-corrected chi connectivity index (χ2v) is 5.25. The van der Waals surface area contributed by atoms with Crippen molar-refractivity contribution in [3.8, 4) is 0 Å². The highest BCUT2D eigenvalue weighted by Gasteiger charge is 2.06. The molecule has 0 aliphatic carbocycles. The zero-order valence-corrected chi connectivity index (χ0v) is 12.3. The third kappa shape index (κ3) is 2.72. The van der Waals surface area contributed by atoms with Gasteiger partial charge >= 0.3 is 0 Å². The smallest absolute Gasteiger partial charge is 0.234 e. The summed E-state index contributed by atoms with van der Waals surface area (Å²) >= 11 is 0. The summed E-state index contributed by atoms with van der Waals surface area (Å²) in [7, 11) is 0.